The van der Waals surface area contributed by atoms with E-state index in [2.05, 4.69) is 15.2 Å². The van der Waals surface area contributed by atoms with Crippen LogP contribution in [-0.4, -0.2) is 39.0 Å². The van der Waals surface area contributed by atoms with Crippen molar-refractivity contribution in [1.82, 2.24) is 19.9 Å². The maximum Gasteiger partial charge on any atom is 0.0693 e. The Morgan fingerprint density at radius 3 is 2.31 bits per heavy atom. The van der Waals surface area contributed by atoms with Crippen molar-refractivity contribution < 1.29 is 0 Å². The predicted molar refractivity (Wildman–Crippen MR) is 62.1 cm³/mol. The van der Waals surface area contributed by atoms with Gasteiger partial charge in [0.1, 0.15) is 0 Å². The molecule has 2 fully saturated rings. The van der Waals surface area contributed by atoms with Crippen LogP contribution in [0.5, 0.6) is 0 Å². The van der Waals surface area contributed by atoms with E-state index in [4.69, 9.17) is 0 Å². The minimum atomic E-state index is 0.583. The molecule has 1 aliphatic carbocycles. The molecule has 0 aromatic carbocycles. The van der Waals surface area contributed by atoms with Crippen LogP contribution >= 0.6 is 0 Å². The smallest absolute Gasteiger partial charge is 0.0693 e. The van der Waals surface area contributed by atoms with Crippen molar-refractivity contribution in [3.8, 4) is 0 Å². The fraction of sp³-hybridized carbons (Fsp3) is 0.833. The average Bonchev–Trinajstić information content (AvgIpc) is 3.03. The van der Waals surface area contributed by atoms with Crippen molar-refractivity contribution in [3.05, 3.63) is 12.4 Å². The van der Waals surface area contributed by atoms with E-state index in [1.165, 1.54) is 51.6 Å². The Morgan fingerprint density at radius 1 is 0.938 bits per heavy atom. The molecule has 0 amide bonds. The zero-order valence-electron chi connectivity index (χ0n) is 9.76. The molecule has 2 heterocycles. The van der Waals surface area contributed by atoms with Gasteiger partial charge in [-0.05, 0) is 25.7 Å². The Bertz CT molecular complexity index is 308. The number of hydrogen-bond donors (Lipinski definition) is 0. The van der Waals surface area contributed by atoms with Crippen molar-refractivity contribution >= 4 is 0 Å². The van der Waals surface area contributed by atoms with Gasteiger partial charge in [-0.3, -0.25) is 0 Å². The molecule has 1 aliphatic heterocycles. The number of nitrogens with zero attached hydrogens (tertiary/aromatic N) is 4. The van der Waals surface area contributed by atoms with E-state index in [9.17, 15) is 0 Å². The van der Waals surface area contributed by atoms with Gasteiger partial charge < -0.3 is 4.90 Å². The molecule has 0 radical (unpaired) electrons. The molecule has 88 valence electrons. The molecular weight excluding hydrogens is 200 g/mol. The minimum Gasteiger partial charge on any atom is -0.300 e. The highest BCUT2D eigenvalue weighted by Crippen LogP contribution is 2.29. The molecule has 1 saturated carbocycles. The minimum absolute atomic E-state index is 0.583. The van der Waals surface area contributed by atoms with Crippen molar-refractivity contribution in [2.75, 3.05) is 13.1 Å². The van der Waals surface area contributed by atoms with Gasteiger partial charge in [0.05, 0.1) is 12.2 Å². The Labute approximate surface area is 96.6 Å². The van der Waals surface area contributed by atoms with Gasteiger partial charge in [-0.15, -0.1) is 5.10 Å². The largest absolute Gasteiger partial charge is 0.300 e. The molecule has 2 aliphatic rings. The lowest BCUT2D eigenvalue weighted by atomic mass is 10.0. The highest BCUT2D eigenvalue weighted by Gasteiger charge is 2.27. The summed E-state index contributed by atoms with van der Waals surface area (Å²) in [5, 5.41) is 8.00. The van der Waals surface area contributed by atoms with Crippen LogP contribution in [0, 0.1) is 0 Å². The standard InChI is InChI=1S/C12H20N4/c1-2-4-11(3-1)15-8-5-12(6-9-15)16-10-7-13-14-16/h7,10-12H,1-6,8-9H2. The van der Waals surface area contributed by atoms with E-state index in [1.54, 1.807) is 6.20 Å². The van der Waals surface area contributed by atoms with Crippen LogP contribution in [0.2, 0.25) is 0 Å². The van der Waals surface area contributed by atoms with Crippen LogP contribution in [-0.2, 0) is 0 Å². The summed E-state index contributed by atoms with van der Waals surface area (Å²) in [5.74, 6) is 0. The molecule has 16 heavy (non-hydrogen) atoms. The molecule has 4 nitrogen and oxygen atoms in total. The fourth-order valence-electron chi connectivity index (χ4n) is 3.20. The number of aromatic nitrogens is 3. The van der Waals surface area contributed by atoms with Crippen molar-refractivity contribution in [3.63, 3.8) is 0 Å². The first-order valence-electron chi connectivity index (χ1n) is 6.53. The number of piperidine rings is 1. The first kappa shape index (κ1) is 10.3. The third-order valence-electron chi connectivity index (χ3n) is 4.16. The predicted octanol–water partition coefficient (Wildman–Crippen LogP) is 1.86. The van der Waals surface area contributed by atoms with Gasteiger partial charge in [0.15, 0.2) is 0 Å². The molecule has 0 atom stereocenters. The third kappa shape index (κ3) is 1.98. The monoisotopic (exact) mass is 220 g/mol. The van der Waals surface area contributed by atoms with Gasteiger partial charge in [-0.2, -0.15) is 0 Å². The van der Waals surface area contributed by atoms with Gasteiger partial charge in [-0.1, -0.05) is 18.1 Å². The zero-order valence-corrected chi connectivity index (χ0v) is 9.76. The normalized spacial score (nSPS) is 25.2. The van der Waals surface area contributed by atoms with Crippen molar-refractivity contribution in [2.24, 2.45) is 0 Å². The Morgan fingerprint density at radius 2 is 1.69 bits per heavy atom. The van der Waals surface area contributed by atoms with Gasteiger partial charge in [-0.25, -0.2) is 4.68 Å². The molecular formula is C12H20N4. The van der Waals surface area contributed by atoms with E-state index in [1.807, 2.05) is 10.9 Å². The Kier molecular flexibility index (Phi) is 2.91. The van der Waals surface area contributed by atoms with Gasteiger partial charge in [0.25, 0.3) is 0 Å². The van der Waals surface area contributed by atoms with E-state index in [-0.39, 0.29) is 0 Å². The van der Waals surface area contributed by atoms with E-state index in [0.29, 0.717) is 6.04 Å². The number of likely N-dealkylation sites (tertiary alicyclic amines) is 1. The molecule has 0 unspecified atom stereocenters. The van der Waals surface area contributed by atoms with Crippen molar-refractivity contribution in [1.29, 1.82) is 0 Å². The lowest BCUT2D eigenvalue weighted by molar-refractivity contribution is 0.131. The fourth-order valence-corrected chi connectivity index (χ4v) is 3.20. The number of hydrogen-bond acceptors (Lipinski definition) is 3. The van der Waals surface area contributed by atoms with E-state index < -0.39 is 0 Å². The van der Waals surface area contributed by atoms with Crippen LogP contribution < -0.4 is 0 Å². The summed E-state index contributed by atoms with van der Waals surface area (Å²) in [6, 6.07) is 1.47. The summed E-state index contributed by atoms with van der Waals surface area (Å²) in [6.45, 7) is 2.49. The van der Waals surface area contributed by atoms with Crippen LogP contribution in [0.3, 0.4) is 0 Å². The van der Waals surface area contributed by atoms with Crippen LogP contribution in [0.15, 0.2) is 12.4 Å². The Balaban J connectivity index is 1.55. The molecule has 3 rings (SSSR count). The maximum absolute atomic E-state index is 4.11. The molecule has 1 aromatic rings. The van der Waals surface area contributed by atoms with Crippen molar-refractivity contribution in [2.45, 2.75) is 50.6 Å². The van der Waals surface area contributed by atoms with E-state index >= 15 is 0 Å². The molecule has 1 saturated heterocycles. The van der Waals surface area contributed by atoms with Crippen LogP contribution in [0.4, 0.5) is 0 Å². The van der Waals surface area contributed by atoms with E-state index in [0.717, 1.165) is 6.04 Å². The molecule has 0 N–H and O–H groups in total. The van der Waals surface area contributed by atoms with Gasteiger partial charge >= 0.3 is 0 Å². The summed E-state index contributed by atoms with van der Waals surface area (Å²) in [7, 11) is 0. The lowest BCUT2D eigenvalue weighted by Crippen LogP contribution is -2.40. The lowest BCUT2D eigenvalue weighted by Gasteiger charge is -2.35. The second kappa shape index (κ2) is 4.53. The summed E-state index contributed by atoms with van der Waals surface area (Å²) >= 11 is 0. The second-order valence-corrected chi connectivity index (χ2v) is 5.09. The second-order valence-electron chi connectivity index (χ2n) is 5.09. The van der Waals surface area contributed by atoms with Gasteiger partial charge in [0.2, 0.25) is 0 Å². The first-order chi connectivity index (χ1) is 7.93. The Hall–Kier alpha value is -0.900. The summed E-state index contributed by atoms with van der Waals surface area (Å²) < 4.78 is 2.03. The molecule has 0 spiro atoms. The summed E-state index contributed by atoms with van der Waals surface area (Å²) in [6.07, 6.45) is 12.0. The van der Waals surface area contributed by atoms with Gasteiger partial charge in [0, 0.05) is 25.3 Å². The maximum atomic E-state index is 4.11. The highest BCUT2D eigenvalue weighted by atomic mass is 15.4. The SMILES string of the molecule is c1cn(C2CCN(C3CCCC3)CC2)nn1. The molecule has 1 aromatic heterocycles. The van der Waals surface area contributed by atoms with Crippen LogP contribution in [0.1, 0.15) is 44.6 Å². The topological polar surface area (TPSA) is 34.0 Å². The summed E-state index contributed by atoms with van der Waals surface area (Å²) in [5.41, 5.74) is 0. The zero-order chi connectivity index (χ0) is 10.8. The third-order valence-corrected chi connectivity index (χ3v) is 4.16. The first-order valence-corrected chi connectivity index (χ1v) is 6.53. The number of rotatable bonds is 2. The molecule has 4 heteroatoms. The summed E-state index contributed by atoms with van der Waals surface area (Å²) in [4.78, 5) is 2.69. The average molecular weight is 220 g/mol. The molecule has 0 bridgehead atoms. The van der Waals surface area contributed by atoms with Crippen LogP contribution in [0.25, 0.3) is 0 Å². The highest BCUT2D eigenvalue weighted by molar-refractivity contribution is 4.84. The quantitative estimate of drug-likeness (QED) is 0.763.